The Bertz CT molecular complexity index is 313. The second kappa shape index (κ2) is 4.36. The Morgan fingerprint density at radius 1 is 1.71 bits per heavy atom. The predicted molar refractivity (Wildman–Crippen MR) is 58.8 cm³/mol. The van der Waals surface area contributed by atoms with Gasteiger partial charge in [-0.2, -0.15) is 0 Å². The Labute approximate surface area is 91.8 Å². The van der Waals surface area contributed by atoms with Crippen LogP contribution in [0, 0.1) is 0 Å². The zero-order chi connectivity index (χ0) is 10.8. The number of nitrogens with zero attached hydrogens (tertiary/aromatic N) is 1. The lowest BCUT2D eigenvalue weighted by Crippen LogP contribution is -2.41. The molecule has 0 saturated heterocycles. The molecule has 0 aliphatic rings. The minimum absolute atomic E-state index is 0.228. The number of hydrogen-bond donors (Lipinski definition) is 1. The molecule has 78 valence electrons. The molecule has 0 aromatic carbocycles. The highest BCUT2D eigenvalue weighted by atomic mass is 79.9. The topological polar surface area (TPSA) is 38.9 Å². The molecule has 0 spiro atoms. The van der Waals surface area contributed by atoms with Crippen LogP contribution in [0.3, 0.4) is 0 Å². The average molecular weight is 261 g/mol. The van der Waals surface area contributed by atoms with Crippen molar-refractivity contribution in [3.8, 4) is 0 Å². The molecule has 0 bridgehead atoms. The van der Waals surface area contributed by atoms with E-state index in [-0.39, 0.29) is 6.42 Å². The van der Waals surface area contributed by atoms with Gasteiger partial charge < -0.3 is 5.73 Å². The first-order valence-corrected chi connectivity index (χ1v) is 5.26. The predicted octanol–water partition coefficient (Wildman–Crippen LogP) is 2.46. The first-order chi connectivity index (χ1) is 6.43. The van der Waals surface area contributed by atoms with E-state index in [4.69, 9.17) is 5.73 Å². The van der Waals surface area contributed by atoms with Gasteiger partial charge in [0.25, 0.3) is 0 Å². The minimum Gasteiger partial charge on any atom is -0.325 e. The molecule has 0 radical (unpaired) electrons. The van der Waals surface area contributed by atoms with Crippen molar-refractivity contribution in [2.45, 2.75) is 32.0 Å². The molecule has 1 aromatic rings. The highest BCUT2D eigenvalue weighted by molar-refractivity contribution is 9.10. The molecule has 0 aliphatic carbocycles. The molecule has 0 amide bonds. The zero-order valence-corrected chi connectivity index (χ0v) is 9.88. The van der Waals surface area contributed by atoms with Gasteiger partial charge in [0, 0.05) is 23.1 Å². The molecule has 0 fully saturated rings. The van der Waals surface area contributed by atoms with Crippen LogP contribution < -0.4 is 5.73 Å². The number of alkyl halides is 1. The Kier molecular flexibility index (Phi) is 3.61. The second-order valence-corrected chi connectivity index (χ2v) is 4.53. The summed E-state index contributed by atoms with van der Waals surface area (Å²) in [6.45, 7) is 3.16. The molecule has 1 rings (SSSR count). The number of halogens is 2. The fourth-order valence-electron chi connectivity index (χ4n) is 1.04. The van der Waals surface area contributed by atoms with Crippen LogP contribution in [0.5, 0.6) is 0 Å². The van der Waals surface area contributed by atoms with Crippen molar-refractivity contribution in [2.24, 2.45) is 5.73 Å². The van der Waals surface area contributed by atoms with Crippen molar-refractivity contribution < 1.29 is 4.39 Å². The van der Waals surface area contributed by atoms with Crippen LogP contribution in [0.15, 0.2) is 22.8 Å². The van der Waals surface area contributed by atoms with Crippen LogP contribution in [0.4, 0.5) is 4.39 Å². The molecule has 2 nitrogen and oxygen atoms in total. The molecule has 0 saturated carbocycles. The van der Waals surface area contributed by atoms with Crippen LogP contribution in [0.25, 0.3) is 0 Å². The van der Waals surface area contributed by atoms with Gasteiger partial charge in [0.15, 0.2) is 0 Å². The van der Waals surface area contributed by atoms with Gasteiger partial charge in [0.1, 0.15) is 5.67 Å². The Morgan fingerprint density at radius 3 is 2.86 bits per heavy atom. The third kappa shape index (κ3) is 2.75. The zero-order valence-electron chi connectivity index (χ0n) is 8.30. The summed E-state index contributed by atoms with van der Waals surface area (Å²) in [5.74, 6) is 0. The molecule has 1 aromatic heterocycles. The van der Waals surface area contributed by atoms with Gasteiger partial charge in [-0.3, -0.25) is 4.98 Å². The highest BCUT2D eigenvalue weighted by Crippen LogP contribution is 2.23. The fraction of sp³-hybridized carbons (Fsp3) is 0.500. The van der Waals surface area contributed by atoms with Gasteiger partial charge in [0.05, 0.1) is 5.69 Å². The molecule has 2 atom stereocenters. The summed E-state index contributed by atoms with van der Waals surface area (Å²) >= 11 is 3.33. The monoisotopic (exact) mass is 260 g/mol. The molecule has 1 heterocycles. The van der Waals surface area contributed by atoms with Gasteiger partial charge in [-0.25, -0.2) is 4.39 Å². The number of rotatable bonds is 3. The third-order valence-electron chi connectivity index (χ3n) is 2.30. The summed E-state index contributed by atoms with van der Waals surface area (Å²) in [6.07, 6.45) is 1.88. The Balaban J connectivity index is 2.84. The first kappa shape index (κ1) is 11.6. The van der Waals surface area contributed by atoms with Crippen molar-refractivity contribution in [1.29, 1.82) is 0 Å². The third-order valence-corrected chi connectivity index (χ3v) is 3.02. The summed E-state index contributed by atoms with van der Waals surface area (Å²) in [7, 11) is 0. The standard InChI is InChI=1S/C10H14BrFN2/c1-7(13)10(2,12)6-9-8(11)4-3-5-14-9/h3-5,7H,6,13H2,1-2H3. The van der Waals surface area contributed by atoms with E-state index in [9.17, 15) is 4.39 Å². The van der Waals surface area contributed by atoms with Crippen molar-refractivity contribution >= 4 is 15.9 Å². The van der Waals surface area contributed by atoms with E-state index in [1.54, 1.807) is 19.2 Å². The lowest BCUT2D eigenvalue weighted by molar-refractivity contribution is 0.155. The smallest absolute Gasteiger partial charge is 0.128 e. The van der Waals surface area contributed by atoms with Crippen molar-refractivity contribution in [3.63, 3.8) is 0 Å². The van der Waals surface area contributed by atoms with Crippen molar-refractivity contribution in [1.82, 2.24) is 4.98 Å². The molecular weight excluding hydrogens is 247 g/mol. The van der Waals surface area contributed by atoms with E-state index in [1.165, 1.54) is 6.92 Å². The van der Waals surface area contributed by atoms with Gasteiger partial charge in [-0.15, -0.1) is 0 Å². The largest absolute Gasteiger partial charge is 0.325 e. The van der Waals surface area contributed by atoms with Crippen molar-refractivity contribution in [2.75, 3.05) is 0 Å². The molecular formula is C10H14BrFN2. The summed E-state index contributed by atoms with van der Waals surface area (Å²) in [4.78, 5) is 4.10. The van der Waals surface area contributed by atoms with E-state index in [0.29, 0.717) is 5.69 Å². The lowest BCUT2D eigenvalue weighted by Gasteiger charge is -2.24. The first-order valence-electron chi connectivity index (χ1n) is 4.47. The summed E-state index contributed by atoms with van der Waals surface area (Å²) in [6, 6.07) is 3.14. The quantitative estimate of drug-likeness (QED) is 0.907. The van der Waals surface area contributed by atoms with E-state index in [0.717, 1.165) is 4.47 Å². The Hall–Kier alpha value is -0.480. The normalized spacial score (nSPS) is 17.5. The number of aromatic nitrogens is 1. The fourth-order valence-corrected chi connectivity index (χ4v) is 1.43. The van der Waals surface area contributed by atoms with Crippen LogP contribution in [0.2, 0.25) is 0 Å². The molecule has 14 heavy (non-hydrogen) atoms. The van der Waals surface area contributed by atoms with Gasteiger partial charge in [0.2, 0.25) is 0 Å². The molecule has 2 unspecified atom stereocenters. The van der Waals surface area contributed by atoms with Crippen LogP contribution >= 0.6 is 15.9 Å². The maximum Gasteiger partial charge on any atom is 0.128 e. The van der Waals surface area contributed by atoms with E-state index < -0.39 is 11.7 Å². The molecule has 2 N–H and O–H groups in total. The summed E-state index contributed by atoms with van der Waals surface area (Å²) in [5.41, 5.74) is 4.83. The maximum absolute atomic E-state index is 13.9. The Morgan fingerprint density at radius 2 is 2.36 bits per heavy atom. The van der Waals surface area contributed by atoms with Gasteiger partial charge >= 0.3 is 0 Å². The number of nitrogens with two attached hydrogens (primary N) is 1. The lowest BCUT2D eigenvalue weighted by atomic mass is 9.95. The van der Waals surface area contributed by atoms with Crippen LogP contribution in [-0.2, 0) is 6.42 Å². The van der Waals surface area contributed by atoms with Crippen LogP contribution in [-0.4, -0.2) is 16.7 Å². The molecule has 0 aliphatic heterocycles. The number of pyridine rings is 1. The van der Waals surface area contributed by atoms with E-state index in [1.807, 2.05) is 6.07 Å². The minimum atomic E-state index is -1.42. The van der Waals surface area contributed by atoms with Crippen molar-refractivity contribution in [3.05, 3.63) is 28.5 Å². The number of hydrogen-bond acceptors (Lipinski definition) is 2. The SMILES string of the molecule is CC(N)C(C)(F)Cc1ncccc1Br. The summed E-state index contributed by atoms with van der Waals surface area (Å²) < 4.78 is 14.7. The maximum atomic E-state index is 13.9. The van der Waals surface area contributed by atoms with E-state index in [2.05, 4.69) is 20.9 Å². The molecule has 4 heteroatoms. The van der Waals surface area contributed by atoms with Crippen LogP contribution in [0.1, 0.15) is 19.5 Å². The van der Waals surface area contributed by atoms with Gasteiger partial charge in [-0.05, 0) is 41.9 Å². The average Bonchev–Trinajstić information content (AvgIpc) is 2.08. The second-order valence-electron chi connectivity index (χ2n) is 3.68. The summed E-state index contributed by atoms with van der Waals surface area (Å²) in [5, 5.41) is 0. The van der Waals surface area contributed by atoms with Gasteiger partial charge in [-0.1, -0.05) is 0 Å². The van der Waals surface area contributed by atoms with E-state index >= 15 is 0 Å². The highest BCUT2D eigenvalue weighted by Gasteiger charge is 2.29.